The van der Waals surface area contributed by atoms with Crippen LogP contribution in [0.15, 0.2) is 12.1 Å². The molecule has 0 radical (unpaired) electrons. The summed E-state index contributed by atoms with van der Waals surface area (Å²) >= 11 is 0. The van der Waals surface area contributed by atoms with Gasteiger partial charge in [-0.2, -0.15) is 5.26 Å². The van der Waals surface area contributed by atoms with Crippen molar-refractivity contribution in [2.24, 2.45) is 0 Å². The Labute approximate surface area is 93.2 Å². The van der Waals surface area contributed by atoms with Crippen LogP contribution in [0.5, 0.6) is 11.5 Å². The Bertz CT molecular complexity index is 448. The monoisotopic (exact) mass is 221 g/mol. The summed E-state index contributed by atoms with van der Waals surface area (Å²) in [6.45, 7) is 0. The van der Waals surface area contributed by atoms with E-state index in [1.54, 1.807) is 0 Å². The normalized spacial score (nSPS) is 9.12. The van der Waals surface area contributed by atoms with E-state index in [1.807, 2.05) is 6.07 Å². The van der Waals surface area contributed by atoms with E-state index in [4.69, 9.17) is 14.7 Å². The van der Waals surface area contributed by atoms with E-state index >= 15 is 0 Å². The standard InChI is InChI=1S/C11H11NO4/c1-14-9-5-10(15-2)8(11(13)16-3)4-7(9)6-12/h4-5H,1-3H3. The van der Waals surface area contributed by atoms with Crippen LogP contribution in [0, 0.1) is 11.3 Å². The molecule has 1 rings (SSSR count). The third kappa shape index (κ3) is 2.06. The van der Waals surface area contributed by atoms with Crippen LogP contribution in [-0.2, 0) is 4.74 Å². The van der Waals surface area contributed by atoms with Crippen molar-refractivity contribution in [2.45, 2.75) is 0 Å². The minimum Gasteiger partial charge on any atom is -0.496 e. The predicted molar refractivity (Wildman–Crippen MR) is 55.6 cm³/mol. The van der Waals surface area contributed by atoms with Crippen LogP contribution in [0.25, 0.3) is 0 Å². The first-order chi connectivity index (χ1) is 7.67. The Morgan fingerprint density at radius 1 is 1.19 bits per heavy atom. The highest BCUT2D eigenvalue weighted by molar-refractivity contribution is 5.93. The zero-order chi connectivity index (χ0) is 12.1. The molecule has 1 aromatic carbocycles. The van der Waals surface area contributed by atoms with E-state index < -0.39 is 5.97 Å². The molecule has 5 nitrogen and oxygen atoms in total. The number of methoxy groups -OCH3 is 3. The summed E-state index contributed by atoms with van der Waals surface area (Å²) in [5.41, 5.74) is 0.450. The largest absolute Gasteiger partial charge is 0.496 e. The molecular formula is C11H11NO4. The van der Waals surface area contributed by atoms with Crippen LogP contribution in [0.4, 0.5) is 0 Å². The van der Waals surface area contributed by atoms with Crippen LogP contribution in [-0.4, -0.2) is 27.3 Å². The molecule has 0 saturated heterocycles. The number of ether oxygens (including phenoxy) is 3. The lowest BCUT2D eigenvalue weighted by molar-refractivity contribution is 0.0597. The zero-order valence-electron chi connectivity index (χ0n) is 9.23. The van der Waals surface area contributed by atoms with Gasteiger partial charge in [-0.05, 0) is 6.07 Å². The molecule has 0 aromatic heterocycles. The molecule has 0 unspecified atom stereocenters. The number of rotatable bonds is 3. The molecule has 0 atom stereocenters. The molecule has 0 amide bonds. The van der Waals surface area contributed by atoms with Gasteiger partial charge in [0.1, 0.15) is 23.1 Å². The fraction of sp³-hybridized carbons (Fsp3) is 0.273. The summed E-state index contributed by atoms with van der Waals surface area (Å²) in [7, 11) is 4.12. The van der Waals surface area contributed by atoms with Gasteiger partial charge in [0.15, 0.2) is 0 Å². The number of carbonyl (C=O) groups excluding carboxylic acids is 1. The smallest absolute Gasteiger partial charge is 0.341 e. The van der Waals surface area contributed by atoms with Crippen molar-refractivity contribution in [1.82, 2.24) is 0 Å². The van der Waals surface area contributed by atoms with Gasteiger partial charge in [0.2, 0.25) is 0 Å². The fourth-order valence-electron chi connectivity index (χ4n) is 1.26. The average Bonchev–Trinajstić information content (AvgIpc) is 2.35. The van der Waals surface area contributed by atoms with Crippen LogP contribution in [0.1, 0.15) is 15.9 Å². The Kier molecular flexibility index (Phi) is 3.72. The molecule has 0 aliphatic carbocycles. The van der Waals surface area contributed by atoms with Crippen molar-refractivity contribution in [3.05, 3.63) is 23.3 Å². The van der Waals surface area contributed by atoms with Crippen molar-refractivity contribution in [3.8, 4) is 17.6 Å². The first-order valence-electron chi connectivity index (χ1n) is 4.42. The Hall–Kier alpha value is -2.22. The van der Waals surface area contributed by atoms with Crippen molar-refractivity contribution in [2.75, 3.05) is 21.3 Å². The van der Waals surface area contributed by atoms with E-state index in [0.29, 0.717) is 11.5 Å². The Morgan fingerprint density at radius 3 is 2.25 bits per heavy atom. The number of nitrogens with zero attached hydrogens (tertiary/aromatic N) is 1. The van der Waals surface area contributed by atoms with Gasteiger partial charge >= 0.3 is 5.97 Å². The summed E-state index contributed by atoms with van der Waals surface area (Å²) in [6.07, 6.45) is 0. The number of esters is 1. The summed E-state index contributed by atoms with van der Waals surface area (Å²) in [5.74, 6) is 0.103. The second kappa shape index (κ2) is 5.03. The lowest BCUT2D eigenvalue weighted by atomic mass is 10.1. The number of nitriles is 1. The van der Waals surface area contributed by atoms with E-state index in [2.05, 4.69) is 4.74 Å². The second-order valence-corrected chi connectivity index (χ2v) is 2.86. The molecule has 0 N–H and O–H groups in total. The topological polar surface area (TPSA) is 68.6 Å². The number of hydrogen-bond donors (Lipinski definition) is 0. The molecule has 0 aliphatic heterocycles. The highest BCUT2D eigenvalue weighted by Gasteiger charge is 2.17. The van der Waals surface area contributed by atoms with Gasteiger partial charge in [-0.1, -0.05) is 0 Å². The molecule has 0 saturated carbocycles. The van der Waals surface area contributed by atoms with Gasteiger partial charge in [-0.15, -0.1) is 0 Å². The van der Waals surface area contributed by atoms with Crippen molar-refractivity contribution in [3.63, 3.8) is 0 Å². The number of carbonyl (C=O) groups is 1. The third-order valence-electron chi connectivity index (χ3n) is 2.05. The minimum absolute atomic E-state index is 0.197. The maximum atomic E-state index is 11.4. The summed E-state index contributed by atoms with van der Waals surface area (Å²) in [5, 5.41) is 8.87. The summed E-state index contributed by atoms with van der Waals surface area (Å²) < 4.78 is 14.6. The number of hydrogen-bond acceptors (Lipinski definition) is 5. The fourth-order valence-corrected chi connectivity index (χ4v) is 1.26. The molecular weight excluding hydrogens is 210 g/mol. The van der Waals surface area contributed by atoms with Gasteiger partial charge in [-0.3, -0.25) is 0 Å². The third-order valence-corrected chi connectivity index (χ3v) is 2.05. The van der Waals surface area contributed by atoms with Gasteiger partial charge in [0, 0.05) is 6.07 Å². The molecule has 1 aromatic rings. The minimum atomic E-state index is -0.559. The molecule has 16 heavy (non-hydrogen) atoms. The lowest BCUT2D eigenvalue weighted by Crippen LogP contribution is -2.05. The molecule has 0 fully saturated rings. The maximum absolute atomic E-state index is 11.4. The first kappa shape index (κ1) is 11.9. The van der Waals surface area contributed by atoms with Gasteiger partial charge in [-0.25, -0.2) is 4.79 Å². The average molecular weight is 221 g/mol. The molecule has 0 spiro atoms. The van der Waals surface area contributed by atoms with E-state index in [-0.39, 0.29) is 11.1 Å². The van der Waals surface area contributed by atoms with Crippen molar-refractivity contribution >= 4 is 5.97 Å². The summed E-state index contributed by atoms with van der Waals surface area (Å²) in [4.78, 5) is 11.4. The molecule has 84 valence electrons. The van der Waals surface area contributed by atoms with Crippen LogP contribution in [0.3, 0.4) is 0 Å². The van der Waals surface area contributed by atoms with Gasteiger partial charge in [0.05, 0.1) is 26.9 Å². The van der Waals surface area contributed by atoms with Crippen LogP contribution < -0.4 is 9.47 Å². The van der Waals surface area contributed by atoms with Gasteiger partial charge < -0.3 is 14.2 Å². The molecule has 5 heteroatoms. The molecule has 0 heterocycles. The highest BCUT2D eigenvalue weighted by Crippen LogP contribution is 2.28. The predicted octanol–water partition coefficient (Wildman–Crippen LogP) is 1.36. The van der Waals surface area contributed by atoms with E-state index in [0.717, 1.165) is 0 Å². The van der Waals surface area contributed by atoms with Gasteiger partial charge in [0.25, 0.3) is 0 Å². The highest BCUT2D eigenvalue weighted by atomic mass is 16.5. The van der Waals surface area contributed by atoms with Crippen molar-refractivity contribution in [1.29, 1.82) is 5.26 Å². The summed E-state index contributed by atoms with van der Waals surface area (Å²) in [6, 6.07) is 4.78. The first-order valence-corrected chi connectivity index (χ1v) is 4.42. The lowest BCUT2D eigenvalue weighted by Gasteiger charge is -2.10. The zero-order valence-corrected chi connectivity index (χ0v) is 9.23. The SMILES string of the molecule is COC(=O)c1cc(C#N)c(OC)cc1OC. The van der Waals surface area contributed by atoms with Crippen LogP contribution >= 0.6 is 0 Å². The van der Waals surface area contributed by atoms with E-state index in [9.17, 15) is 4.79 Å². The quantitative estimate of drug-likeness (QED) is 0.721. The van der Waals surface area contributed by atoms with Crippen molar-refractivity contribution < 1.29 is 19.0 Å². The molecule has 0 aliphatic rings. The second-order valence-electron chi connectivity index (χ2n) is 2.86. The van der Waals surface area contributed by atoms with Crippen LogP contribution in [0.2, 0.25) is 0 Å². The Balaban J connectivity index is 3.38. The van der Waals surface area contributed by atoms with E-state index in [1.165, 1.54) is 33.5 Å². The Morgan fingerprint density at radius 2 is 1.81 bits per heavy atom. The molecule has 0 bridgehead atoms. The number of benzene rings is 1. The maximum Gasteiger partial charge on any atom is 0.341 e.